The Morgan fingerprint density at radius 2 is 1.90 bits per heavy atom. The van der Waals surface area contributed by atoms with E-state index < -0.39 is 0 Å². The lowest BCUT2D eigenvalue weighted by Gasteiger charge is -2.37. The zero-order chi connectivity index (χ0) is 14.7. The van der Waals surface area contributed by atoms with Crippen LogP contribution in [0.25, 0.3) is 0 Å². The molecule has 1 saturated carbocycles. The standard InChI is InChI=1S/C17H26BrNO/c1-11-6-5-7-12(2)17(11)19-13(3)14-8-9-16(20-4)15(18)10-14/h8-13,17,19H,5-7H2,1-4H3. The quantitative estimate of drug-likeness (QED) is 0.839. The van der Waals surface area contributed by atoms with E-state index in [0.29, 0.717) is 12.1 Å². The third-order valence-corrected chi connectivity index (χ3v) is 5.28. The molecule has 1 aromatic rings. The minimum Gasteiger partial charge on any atom is -0.496 e. The molecule has 2 nitrogen and oxygen atoms in total. The molecule has 2 rings (SSSR count). The average Bonchev–Trinajstić information content (AvgIpc) is 2.42. The Morgan fingerprint density at radius 1 is 1.25 bits per heavy atom. The summed E-state index contributed by atoms with van der Waals surface area (Å²) in [6, 6.07) is 7.34. The van der Waals surface area contributed by atoms with Crippen LogP contribution in [-0.4, -0.2) is 13.2 Å². The molecule has 0 bridgehead atoms. The van der Waals surface area contributed by atoms with Gasteiger partial charge in [-0.05, 0) is 65.2 Å². The van der Waals surface area contributed by atoms with E-state index in [0.717, 1.165) is 22.1 Å². The largest absolute Gasteiger partial charge is 0.496 e. The third-order valence-electron chi connectivity index (χ3n) is 4.66. The van der Waals surface area contributed by atoms with Gasteiger partial charge < -0.3 is 10.1 Å². The summed E-state index contributed by atoms with van der Waals surface area (Å²) in [5.41, 5.74) is 1.31. The molecule has 0 amide bonds. The topological polar surface area (TPSA) is 21.3 Å². The van der Waals surface area contributed by atoms with Crippen molar-refractivity contribution >= 4 is 15.9 Å². The number of ether oxygens (including phenoxy) is 1. The monoisotopic (exact) mass is 339 g/mol. The summed E-state index contributed by atoms with van der Waals surface area (Å²) in [6.45, 7) is 7.01. The number of halogens is 1. The minimum atomic E-state index is 0.366. The summed E-state index contributed by atoms with van der Waals surface area (Å²) in [5, 5.41) is 3.84. The van der Waals surface area contributed by atoms with Crippen LogP contribution in [0.2, 0.25) is 0 Å². The van der Waals surface area contributed by atoms with Crippen LogP contribution in [-0.2, 0) is 0 Å². The van der Waals surface area contributed by atoms with E-state index in [1.54, 1.807) is 7.11 Å². The Bertz CT molecular complexity index is 439. The van der Waals surface area contributed by atoms with E-state index in [1.165, 1.54) is 24.8 Å². The number of hydrogen-bond donors (Lipinski definition) is 1. The molecule has 20 heavy (non-hydrogen) atoms. The molecule has 1 fully saturated rings. The van der Waals surface area contributed by atoms with Crippen LogP contribution in [0.1, 0.15) is 51.6 Å². The smallest absolute Gasteiger partial charge is 0.133 e. The molecule has 0 saturated heterocycles. The molecular weight excluding hydrogens is 314 g/mol. The summed E-state index contributed by atoms with van der Waals surface area (Å²) in [7, 11) is 1.70. The lowest BCUT2D eigenvalue weighted by Crippen LogP contribution is -2.43. The molecule has 112 valence electrons. The van der Waals surface area contributed by atoms with Crippen molar-refractivity contribution in [1.29, 1.82) is 0 Å². The molecular formula is C17H26BrNO. The predicted molar refractivity (Wildman–Crippen MR) is 88.2 cm³/mol. The van der Waals surface area contributed by atoms with Crippen LogP contribution < -0.4 is 10.1 Å². The Balaban J connectivity index is 2.07. The van der Waals surface area contributed by atoms with Crippen molar-refractivity contribution in [2.75, 3.05) is 7.11 Å². The fourth-order valence-electron chi connectivity index (χ4n) is 3.35. The Hall–Kier alpha value is -0.540. The third kappa shape index (κ3) is 3.56. The first-order valence-electron chi connectivity index (χ1n) is 7.62. The molecule has 1 aliphatic rings. The molecule has 1 aromatic carbocycles. The molecule has 1 N–H and O–H groups in total. The Labute approximate surface area is 131 Å². The lowest BCUT2D eigenvalue weighted by atomic mass is 9.78. The van der Waals surface area contributed by atoms with Gasteiger partial charge in [-0.2, -0.15) is 0 Å². The SMILES string of the molecule is COc1ccc(C(C)NC2C(C)CCCC2C)cc1Br. The first-order chi connectivity index (χ1) is 9.52. The van der Waals surface area contributed by atoms with Gasteiger partial charge in [-0.25, -0.2) is 0 Å². The van der Waals surface area contributed by atoms with E-state index in [1.807, 2.05) is 6.07 Å². The van der Waals surface area contributed by atoms with Gasteiger partial charge in [0.15, 0.2) is 0 Å². The zero-order valence-corrected chi connectivity index (χ0v) is 14.5. The normalized spacial score (nSPS) is 28.1. The first-order valence-corrected chi connectivity index (χ1v) is 8.41. The van der Waals surface area contributed by atoms with E-state index in [4.69, 9.17) is 4.74 Å². The van der Waals surface area contributed by atoms with Gasteiger partial charge in [0.1, 0.15) is 5.75 Å². The molecule has 3 unspecified atom stereocenters. The fourth-order valence-corrected chi connectivity index (χ4v) is 3.91. The molecule has 1 aliphatic carbocycles. The molecule has 0 spiro atoms. The van der Waals surface area contributed by atoms with Crippen molar-refractivity contribution in [2.45, 2.75) is 52.1 Å². The van der Waals surface area contributed by atoms with Gasteiger partial charge in [-0.1, -0.05) is 26.3 Å². The van der Waals surface area contributed by atoms with E-state index in [9.17, 15) is 0 Å². The number of benzene rings is 1. The highest BCUT2D eigenvalue weighted by molar-refractivity contribution is 9.10. The summed E-state index contributed by atoms with van der Waals surface area (Å²) >= 11 is 3.57. The Morgan fingerprint density at radius 3 is 2.45 bits per heavy atom. The van der Waals surface area contributed by atoms with Gasteiger partial charge in [0.25, 0.3) is 0 Å². The van der Waals surface area contributed by atoms with E-state index in [-0.39, 0.29) is 0 Å². The van der Waals surface area contributed by atoms with Gasteiger partial charge in [0.05, 0.1) is 11.6 Å². The van der Waals surface area contributed by atoms with Crippen LogP contribution in [0.4, 0.5) is 0 Å². The molecule has 3 atom stereocenters. The Kier molecular flexibility index (Phi) is 5.50. The predicted octanol–water partition coefficient (Wildman–Crippen LogP) is 4.93. The minimum absolute atomic E-state index is 0.366. The second-order valence-corrected chi connectivity index (χ2v) is 7.05. The van der Waals surface area contributed by atoms with E-state index in [2.05, 4.69) is 54.2 Å². The van der Waals surface area contributed by atoms with Gasteiger partial charge in [-0.3, -0.25) is 0 Å². The van der Waals surface area contributed by atoms with Crippen molar-refractivity contribution in [3.05, 3.63) is 28.2 Å². The maximum atomic E-state index is 5.30. The van der Waals surface area contributed by atoms with Crippen LogP contribution >= 0.6 is 15.9 Å². The summed E-state index contributed by atoms with van der Waals surface area (Å²) in [4.78, 5) is 0. The van der Waals surface area contributed by atoms with Crippen LogP contribution in [0.3, 0.4) is 0 Å². The first kappa shape index (κ1) is 15.8. The zero-order valence-electron chi connectivity index (χ0n) is 12.9. The van der Waals surface area contributed by atoms with Crippen molar-refractivity contribution in [3.8, 4) is 5.75 Å². The van der Waals surface area contributed by atoms with Gasteiger partial charge >= 0.3 is 0 Å². The van der Waals surface area contributed by atoms with Crippen LogP contribution in [0.5, 0.6) is 5.75 Å². The van der Waals surface area contributed by atoms with Crippen molar-refractivity contribution in [2.24, 2.45) is 11.8 Å². The highest BCUT2D eigenvalue weighted by Gasteiger charge is 2.28. The van der Waals surface area contributed by atoms with Crippen molar-refractivity contribution in [1.82, 2.24) is 5.32 Å². The molecule has 0 radical (unpaired) electrons. The molecule has 0 aliphatic heterocycles. The summed E-state index contributed by atoms with van der Waals surface area (Å²) < 4.78 is 6.32. The lowest BCUT2D eigenvalue weighted by molar-refractivity contribution is 0.196. The maximum Gasteiger partial charge on any atom is 0.133 e. The second kappa shape index (κ2) is 6.95. The van der Waals surface area contributed by atoms with Crippen LogP contribution in [0, 0.1) is 11.8 Å². The number of rotatable bonds is 4. The fraction of sp³-hybridized carbons (Fsp3) is 0.647. The number of nitrogens with one attached hydrogen (secondary N) is 1. The summed E-state index contributed by atoms with van der Waals surface area (Å²) in [5.74, 6) is 2.42. The highest BCUT2D eigenvalue weighted by Crippen LogP contribution is 2.32. The highest BCUT2D eigenvalue weighted by atomic mass is 79.9. The van der Waals surface area contributed by atoms with Crippen molar-refractivity contribution in [3.63, 3.8) is 0 Å². The maximum absolute atomic E-state index is 5.30. The summed E-state index contributed by atoms with van der Waals surface area (Å²) in [6.07, 6.45) is 4.07. The van der Waals surface area contributed by atoms with Crippen LogP contribution in [0.15, 0.2) is 22.7 Å². The average molecular weight is 340 g/mol. The molecule has 0 aromatic heterocycles. The second-order valence-electron chi connectivity index (χ2n) is 6.19. The van der Waals surface area contributed by atoms with E-state index >= 15 is 0 Å². The molecule has 3 heteroatoms. The van der Waals surface area contributed by atoms with Gasteiger partial charge in [-0.15, -0.1) is 0 Å². The number of methoxy groups -OCH3 is 1. The van der Waals surface area contributed by atoms with Gasteiger partial charge in [0, 0.05) is 12.1 Å². The van der Waals surface area contributed by atoms with Gasteiger partial charge in [0.2, 0.25) is 0 Å². The number of hydrogen-bond acceptors (Lipinski definition) is 2. The van der Waals surface area contributed by atoms with Crippen molar-refractivity contribution < 1.29 is 4.74 Å². The molecule has 0 heterocycles.